The quantitative estimate of drug-likeness (QED) is 0.142. The lowest BCUT2D eigenvalue weighted by atomic mass is 9.89. The first-order valence-electron chi connectivity index (χ1n) is 15.5. The van der Waals surface area contributed by atoms with Gasteiger partial charge in [-0.15, -0.1) is 11.3 Å². The second-order valence-electron chi connectivity index (χ2n) is 12.9. The van der Waals surface area contributed by atoms with Crippen LogP contribution in [-0.4, -0.2) is 58.5 Å². The molecule has 0 N–H and O–H groups in total. The fraction of sp³-hybridized carbons (Fsp3) is 0.361. The first kappa shape index (κ1) is 35.3. The summed E-state index contributed by atoms with van der Waals surface area (Å²) in [7, 11) is 1.70. The lowest BCUT2D eigenvalue weighted by Crippen LogP contribution is -2.47. The molecule has 5 rings (SSSR count). The average Bonchev–Trinajstić information content (AvgIpc) is 3.38. The third kappa shape index (κ3) is 7.84. The number of rotatable bonds is 7. The molecule has 1 fully saturated rings. The van der Waals surface area contributed by atoms with Crippen molar-refractivity contribution in [1.29, 1.82) is 0 Å². The Morgan fingerprint density at radius 1 is 0.896 bits per heavy atom. The Bertz CT molecular complexity index is 1830. The van der Waals surface area contributed by atoms with Crippen LogP contribution >= 0.6 is 22.9 Å². The van der Waals surface area contributed by atoms with Crippen molar-refractivity contribution in [1.82, 2.24) is 9.80 Å². The van der Waals surface area contributed by atoms with Gasteiger partial charge >= 0.3 is 12.3 Å². The molecule has 2 amide bonds. The van der Waals surface area contributed by atoms with Gasteiger partial charge < -0.3 is 14.5 Å². The third-order valence-electron chi connectivity index (χ3n) is 8.45. The van der Waals surface area contributed by atoms with E-state index in [0.717, 1.165) is 22.2 Å². The van der Waals surface area contributed by atoms with Crippen molar-refractivity contribution in [3.05, 3.63) is 93.6 Å². The Balaban J connectivity index is 1.43. The van der Waals surface area contributed by atoms with Crippen LogP contribution in [0.2, 0.25) is 5.02 Å². The van der Waals surface area contributed by atoms with Gasteiger partial charge in [-0.2, -0.15) is 13.2 Å². The molecule has 0 saturated heterocycles. The molecule has 12 heteroatoms. The van der Waals surface area contributed by atoms with Crippen LogP contribution in [0.4, 0.5) is 22.4 Å². The van der Waals surface area contributed by atoms with Crippen molar-refractivity contribution in [2.75, 3.05) is 7.05 Å². The minimum atomic E-state index is -5.00. The van der Waals surface area contributed by atoms with Crippen molar-refractivity contribution >= 4 is 50.8 Å². The third-order valence-corrected chi connectivity index (χ3v) is 10.1. The highest BCUT2D eigenvalue weighted by atomic mass is 35.5. The number of thiophene rings is 1. The molecule has 0 atom stereocenters. The number of carbonyl (C=O) groups is 3. The van der Waals surface area contributed by atoms with Crippen molar-refractivity contribution < 1.29 is 36.7 Å². The number of nitrogens with zero attached hydrogens (tertiary/aromatic N) is 2. The van der Waals surface area contributed by atoms with Crippen molar-refractivity contribution in [3.8, 4) is 11.1 Å². The first-order chi connectivity index (χ1) is 22.5. The molecule has 254 valence electrons. The van der Waals surface area contributed by atoms with Crippen molar-refractivity contribution in [2.45, 2.75) is 76.9 Å². The summed E-state index contributed by atoms with van der Waals surface area (Å²) in [5.41, 5.74) is 0.0506. The molecule has 0 radical (unpaired) electrons. The van der Waals surface area contributed by atoms with E-state index in [0.29, 0.717) is 46.7 Å². The lowest BCUT2D eigenvalue weighted by Gasteiger charge is -2.40. The molecule has 3 aromatic carbocycles. The number of hydrogen-bond acceptors (Lipinski definition) is 5. The van der Waals surface area contributed by atoms with Gasteiger partial charge in [-0.05, 0) is 75.8 Å². The number of halogens is 5. The summed E-state index contributed by atoms with van der Waals surface area (Å²) in [6.07, 6.45) is -3.15. The van der Waals surface area contributed by atoms with E-state index in [1.807, 2.05) is 24.3 Å². The van der Waals surface area contributed by atoms with E-state index in [1.54, 1.807) is 43.7 Å². The number of fused-ring (bicyclic) bond motifs is 1. The molecule has 4 aromatic rings. The molecule has 48 heavy (non-hydrogen) atoms. The minimum absolute atomic E-state index is 0.0923. The van der Waals surface area contributed by atoms with Crippen LogP contribution < -0.4 is 0 Å². The second kappa shape index (κ2) is 13.9. The van der Waals surface area contributed by atoms with Crippen LogP contribution in [0.25, 0.3) is 21.2 Å². The molecule has 0 spiro atoms. The molecule has 1 aliphatic rings. The first-order valence-corrected chi connectivity index (χ1v) is 16.7. The highest BCUT2D eigenvalue weighted by Gasteiger charge is 2.39. The molecule has 1 heterocycles. The molecule has 0 aliphatic heterocycles. The number of benzene rings is 3. The van der Waals surface area contributed by atoms with E-state index in [9.17, 15) is 27.6 Å². The fourth-order valence-corrected chi connectivity index (χ4v) is 7.39. The number of Topliss-reactive ketones (excluding diaryl/α,β-unsaturated/α-hetero) is 1. The summed E-state index contributed by atoms with van der Waals surface area (Å²) in [6.45, 7) is 5.31. The van der Waals surface area contributed by atoms with E-state index < -0.39 is 35.0 Å². The average molecular weight is 703 g/mol. The van der Waals surface area contributed by atoms with Gasteiger partial charge in [-0.25, -0.2) is 9.18 Å². The highest BCUT2D eigenvalue weighted by Crippen LogP contribution is 2.38. The fourth-order valence-electron chi connectivity index (χ4n) is 5.93. The van der Waals surface area contributed by atoms with Crippen molar-refractivity contribution in [2.24, 2.45) is 0 Å². The molecule has 0 unspecified atom stereocenters. The van der Waals surface area contributed by atoms with E-state index in [2.05, 4.69) is 0 Å². The standard InChI is InChI=1S/C36H35ClF4N2O4S/c1-35(2,3)47-34(46)42(4)25-14-16-26(17-15-25)43(33(45)31-30(37)27-7-5-6-8-29(27)48-31)20-24-19-23(13-18-28(24)38)21-9-11-22(12-10-21)32(44)36(39,40)41/h5-13,18-19,25-26H,14-17,20H2,1-4H3/t25-,26-. The smallest absolute Gasteiger partial charge is 0.444 e. The SMILES string of the molecule is CN(C(=O)OC(C)(C)C)[C@H]1CC[C@H](N(Cc2cc(-c3ccc(C(=O)C(F)(F)F)cc3)ccc2F)C(=O)c2sc3ccccc3c2Cl)CC1. The maximum atomic E-state index is 15.4. The summed E-state index contributed by atoms with van der Waals surface area (Å²) in [5, 5.41) is 1.07. The normalized spacial score (nSPS) is 16.9. The van der Waals surface area contributed by atoms with Gasteiger partial charge in [-0.3, -0.25) is 9.59 Å². The number of carbonyl (C=O) groups excluding carboxylic acids is 3. The molecule has 6 nitrogen and oxygen atoms in total. The number of ketones is 1. The van der Waals surface area contributed by atoms with Gasteiger partial charge in [-0.1, -0.05) is 60.1 Å². The zero-order valence-electron chi connectivity index (χ0n) is 26.9. The van der Waals surface area contributed by atoms with Crippen LogP contribution in [0.3, 0.4) is 0 Å². The number of alkyl halides is 3. The summed E-state index contributed by atoms with van der Waals surface area (Å²) in [4.78, 5) is 42.2. The lowest BCUT2D eigenvalue weighted by molar-refractivity contribution is -0.0885. The van der Waals surface area contributed by atoms with Gasteiger partial charge in [0.25, 0.3) is 11.7 Å². The van der Waals surface area contributed by atoms with E-state index >= 15 is 4.39 Å². The Labute approximate surface area is 285 Å². The summed E-state index contributed by atoms with van der Waals surface area (Å²) < 4.78 is 60.5. The van der Waals surface area contributed by atoms with Crippen LogP contribution in [0.15, 0.2) is 66.7 Å². The summed E-state index contributed by atoms with van der Waals surface area (Å²) in [6, 6.07) is 16.2. The van der Waals surface area contributed by atoms with E-state index in [4.69, 9.17) is 16.3 Å². The maximum absolute atomic E-state index is 15.4. The highest BCUT2D eigenvalue weighted by molar-refractivity contribution is 7.21. The zero-order chi connectivity index (χ0) is 35.0. The molecule has 1 saturated carbocycles. The van der Waals surface area contributed by atoms with Crippen LogP contribution in [0, 0.1) is 5.82 Å². The topological polar surface area (TPSA) is 66.9 Å². The van der Waals surface area contributed by atoms with Crippen LogP contribution in [0.5, 0.6) is 0 Å². The van der Waals surface area contributed by atoms with Crippen LogP contribution in [-0.2, 0) is 11.3 Å². The number of amides is 2. The number of ether oxygens (including phenoxy) is 1. The van der Waals surface area contributed by atoms with Gasteiger partial charge in [0.1, 0.15) is 16.3 Å². The summed E-state index contributed by atoms with van der Waals surface area (Å²) in [5.74, 6) is -2.85. The predicted octanol–water partition coefficient (Wildman–Crippen LogP) is 9.93. The Morgan fingerprint density at radius 2 is 1.50 bits per heavy atom. The predicted molar refractivity (Wildman–Crippen MR) is 179 cm³/mol. The van der Waals surface area contributed by atoms with E-state index in [1.165, 1.54) is 35.6 Å². The largest absolute Gasteiger partial charge is 0.454 e. The monoisotopic (exact) mass is 702 g/mol. The van der Waals surface area contributed by atoms with E-state index in [-0.39, 0.29) is 30.1 Å². The molecular weight excluding hydrogens is 668 g/mol. The maximum Gasteiger partial charge on any atom is 0.454 e. The molecular formula is C36H35ClF4N2O4S. The molecule has 1 aromatic heterocycles. The Morgan fingerprint density at radius 3 is 2.10 bits per heavy atom. The van der Waals surface area contributed by atoms with Gasteiger partial charge in [0.2, 0.25) is 0 Å². The Kier molecular flexibility index (Phi) is 10.2. The Hall–Kier alpha value is -3.96. The zero-order valence-corrected chi connectivity index (χ0v) is 28.4. The van der Waals surface area contributed by atoms with Gasteiger partial charge in [0.05, 0.1) is 5.02 Å². The number of hydrogen-bond donors (Lipinski definition) is 0. The molecule has 0 bridgehead atoms. The van der Waals surface area contributed by atoms with Gasteiger partial charge in [0, 0.05) is 46.9 Å². The summed E-state index contributed by atoms with van der Waals surface area (Å²) >= 11 is 7.99. The van der Waals surface area contributed by atoms with Crippen LogP contribution in [0.1, 0.15) is 72.0 Å². The second-order valence-corrected chi connectivity index (χ2v) is 14.4. The van der Waals surface area contributed by atoms with Gasteiger partial charge in [0.15, 0.2) is 0 Å². The molecule has 1 aliphatic carbocycles. The minimum Gasteiger partial charge on any atom is -0.444 e. The van der Waals surface area contributed by atoms with Crippen molar-refractivity contribution in [3.63, 3.8) is 0 Å².